The number of likely N-dealkylation sites (tertiary alicyclic amines) is 1. The topological polar surface area (TPSA) is 75.5 Å². The van der Waals surface area contributed by atoms with Gasteiger partial charge in [-0.2, -0.15) is 0 Å². The smallest absolute Gasteiger partial charge is 0.269 e. The van der Waals surface area contributed by atoms with E-state index in [2.05, 4.69) is 5.32 Å². The van der Waals surface area contributed by atoms with Crippen LogP contribution in [0.2, 0.25) is 0 Å². The van der Waals surface area contributed by atoms with Crippen molar-refractivity contribution in [1.29, 1.82) is 0 Å². The third kappa shape index (κ3) is 3.54. The molecular weight excluding hydrogens is 258 g/mol. The van der Waals surface area contributed by atoms with E-state index >= 15 is 0 Å². The third-order valence-corrected chi connectivity index (χ3v) is 3.66. The van der Waals surface area contributed by atoms with Crippen molar-refractivity contribution in [2.24, 2.45) is 0 Å². The fraction of sp³-hybridized carbons (Fsp3) is 0.500. The molecule has 1 amide bonds. The second-order valence-corrected chi connectivity index (χ2v) is 5.07. The Morgan fingerprint density at radius 3 is 3.05 bits per heavy atom. The SMILES string of the molecule is CNC1CCCN(C(=O)Cc2cccc([N+](=O)[O-])c2)C1. The van der Waals surface area contributed by atoms with Crippen LogP contribution in [-0.4, -0.2) is 41.9 Å². The van der Waals surface area contributed by atoms with Crippen LogP contribution in [0.25, 0.3) is 0 Å². The van der Waals surface area contributed by atoms with Crippen LogP contribution in [0.1, 0.15) is 18.4 Å². The number of nitro benzene ring substituents is 1. The fourth-order valence-electron chi connectivity index (χ4n) is 2.51. The molecule has 6 nitrogen and oxygen atoms in total. The molecule has 1 aliphatic heterocycles. The van der Waals surface area contributed by atoms with Crippen LogP contribution < -0.4 is 5.32 Å². The summed E-state index contributed by atoms with van der Waals surface area (Å²) in [6, 6.07) is 6.62. The highest BCUT2D eigenvalue weighted by Gasteiger charge is 2.22. The summed E-state index contributed by atoms with van der Waals surface area (Å²) in [5, 5.41) is 13.9. The molecule has 0 aliphatic carbocycles. The van der Waals surface area contributed by atoms with Gasteiger partial charge in [0.2, 0.25) is 5.91 Å². The number of nitrogens with one attached hydrogen (secondary N) is 1. The maximum absolute atomic E-state index is 12.2. The van der Waals surface area contributed by atoms with Gasteiger partial charge in [-0.15, -0.1) is 0 Å². The third-order valence-electron chi connectivity index (χ3n) is 3.66. The van der Waals surface area contributed by atoms with Crippen LogP contribution in [0.4, 0.5) is 5.69 Å². The monoisotopic (exact) mass is 277 g/mol. The Morgan fingerprint density at radius 1 is 1.55 bits per heavy atom. The summed E-state index contributed by atoms with van der Waals surface area (Å²) < 4.78 is 0. The van der Waals surface area contributed by atoms with E-state index in [9.17, 15) is 14.9 Å². The Hall–Kier alpha value is -1.95. The van der Waals surface area contributed by atoms with Crippen molar-refractivity contribution in [3.8, 4) is 0 Å². The number of non-ortho nitro benzene ring substituents is 1. The minimum Gasteiger partial charge on any atom is -0.341 e. The standard InChI is InChI=1S/C14H19N3O3/c1-15-12-5-3-7-16(10-12)14(18)9-11-4-2-6-13(8-11)17(19)20/h2,4,6,8,12,15H,3,5,7,9-10H2,1H3. The van der Waals surface area contributed by atoms with Crippen LogP contribution in [0.5, 0.6) is 0 Å². The number of rotatable bonds is 4. The molecule has 0 bridgehead atoms. The lowest BCUT2D eigenvalue weighted by atomic mass is 10.0. The van der Waals surface area contributed by atoms with Crippen molar-refractivity contribution >= 4 is 11.6 Å². The lowest BCUT2D eigenvalue weighted by molar-refractivity contribution is -0.384. The summed E-state index contributed by atoms with van der Waals surface area (Å²) in [5.74, 6) is 0.0328. The molecule has 20 heavy (non-hydrogen) atoms. The number of piperidine rings is 1. The van der Waals surface area contributed by atoms with Gasteiger partial charge in [0.1, 0.15) is 0 Å². The van der Waals surface area contributed by atoms with Crippen LogP contribution in [-0.2, 0) is 11.2 Å². The molecule has 1 unspecified atom stereocenters. The normalized spacial score (nSPS) is 18.9. The zero-order valence-electron chi connectivity index (χ0n) is 11.5. The van der Waals surface area contributed by atoms with E-state index in [-0.39, 0.29) is 18.0 Å². The molecule has 6 heteroatoms. The summed E-state index contributed by atoms with van der Waals surface area (Å²) in [6.07, 6.45) is 2.29. The van der Waals surface area contributed by atoms with Crippen molar-refractivity contribution in [2.45, 2.75) is 25.3 Å². The molecule has 108 valence electrons. The van der Waals surface area contributed by atoms with E-state index < -0.39 is 4.92 Å². The Morgan fingerprint density at radius 2 is 2.35 bits per heavy atom. The molecule has 1 atom stereocenters. The highest BCUT2D eigenvalue weighted by atomic mass is 16.6. The van der Waals surface area contributed by atoms with Gasteiger partial charge in [0.25, 0.3) is 5.69 Å². The number of nitrogens with zero attached hydrogens (tertiary/aromatic N) is 2. The molecular formula is C14H19N3O3. The van der Waals surface area contributed by atoms with E-state index in [1.807, 2.05) is 11.9 Å². The number of carbonyl (C=O) groups excluding carboxylic acids is 1. The van der Waals surface area contributed by atoms with Gasteiger partial charge in [-0.3, -0.25) is 14.9 Å². The van der Waals surface area contributed by atoms with Crippen molar-refractivity contribution in [2.75, 3.05) is 20.1 Å². The second-order valence-electron chi connectivity index (χ2n) is 5.07. The van der Waals surface area contributed by atoms with Crippen molar-refractivity contribution in [1.82, 2.24) is 10.2 Å². The molecule has 1 N–H and O–H groups in total. The number of amides is 1. The lowest BCUT2D eigenvalue weighted by Crippen LogP contribution is -2.47. The summed E-state index contributed by atoms with van der Waals surface area (Å²) in [6.45, 7) is 1.48. The van der Waals surface area contributed by atoms with Crippen molar-refractivity contribution < 1.29 is 9.72 Å². The molecule has 1 heterocycles. The van der Waals surface area contributed by atoms with Gasteiger partial charge in [0.15, 0.2) is 0 Å². The molecule has 1 aromatic rings. The highest BCUT2D eigenvalue weighted by molar-refractivity contribution is 5.79. The van der Waals surface area contributed by atoms with Crippen LogP contribution in [0, 0.1) is 10.1 Å². The average molecular weight is 277 g/mol. The number of carbonyl (C=O) groups is 1. The summed E-state index contributed by atoms with van der Waals surface area (Å²) >= 11 is 0. The Bertz CT molecular complexity index is 504. The first kappa shape index (κ1) is 14.5. The van der Waals surface area contributed by atoms with Crippen molar-refractivity contribution in [3.05, 3.63) is 39.9 Å². The van der Waals surface area contributed by atoms with Gasteiger partial charge in [-0.05, 0) is 25.5 Å². The van der Waals surface area contributed by atoms with E-state index in [0.29, 0.717) is 18.2 Å². The molecule has 1 aliphatic rings. The molecule has 0 radical (unpaired) electrons. The number of likely N-dealkylation sites (N-methyl/N-ethyl adjacent to an activating group) is 1. The summed E-state index contributed by atoms with van der Waals surface area (Å²) in [5.41, 5.74) is 0.720. The van der Waals surface area contributed by atoms with E-state index in [1.54, 1.807) is 12.1 Å². The molecule has 0 spiro atoms. The average Bonchev–Trinajstić information content (AvgIpc) is 2.47. The molecule has 2 rings (SSSR count). The van der Waals surface area contributed by atoms with Gasteiger partial charge < -0.3 is 10.2 Å². The predicted octanol–water partition coefficient (Wildman–Crippen LogP) is 1.35. The van der Waals surface area contributed by atoms with E-state index in [4.69, 9.17) is 0 Å². The van der Waals surface area contributed by atoms with E-state index in [0.717, 1.165) is 19.4 Å². The summed E-state index contributed by atoms with van der Waals surface area (Å²) in [4.78, 5) is 24.4. The fourth-order valence-corrected chi connectivity index (χ4v) is 2.51. The first-order chi connectivity index (χ1) is 9.60. The van der Waals surface area contributed by atoms with Gasteiger partial charge in [0, 0.05) is 31.3 Å². The largest absolute Gasteiger partial charge is 0.341 e. The number of hydrogen-bond acceptors (Lipinski definition) is 4. The van der Waals surface area contributed by atoms with Gasteiger partial charge in [-0.1, -0.05) is 12.1 Å². The molecule has 0 saturated carbocycles. The highest BCUT2D eigenvalue weighted by Crippen LogP contribution is 2.16. The first-order valence-corrected chi connectivity index (χ1v) is 6.78. The Labute approximate surface area is 117 Å². The van der Waals surface area contributed by atoms with Crippen LogP contribution in [0.3, 0.4) is 0 Å². The maximum Gasteiger partial charge on any atom is 0.269 e. The summed E-state index contributed by atoms with van der Waals surface area (Å²) in [7, 11) is 1.90. The quantitative estimate of drug-likeness (QED) is 0.666. The van der Waals surface area contributed by atoms with Crippen LogP contribution in [0.15, 0.2) is 24.3 Å². The zero-order chi connectivity index (χ0) is 14.5. The van der Waals surface area contributed by atoms with Crippen LogP contribution >= 0.6 is 0 Å². The Kier molecular flexibility index (Phi) is 4.68. The molecule has 1 aromatic carbocycles. The van der Waals surface area contributed by atoms with Gasteiger partial charge in [-0.25, -0.2) is 0 Å². The minimum absolute atomic E-state index is 0.0297. The Balaban J connectivity index is 2.00. The zero-order valence-corrected chi connectivity index (χ0v) is 11.5. The maximum atomic E-state index is 12.2. The van der Waals surface area contributed by atoms with E-state index in [1.165, 1.54) is 12.1 Å². The van der Waals surface area contributed by atoms with Crippen molar-refractivity contribution in [3.63, 3.8) is 0 Å². The predicted molar refractivity (Wildman–Crippen MR) is 75.5 cm³/mol. The van der Waals surface area contributed by atoms with Gasteiger partial charge in [0.05, 0.1) is 11.3 Å². The second kappa shape index (κ2) is 6.47. The minimum atomic E-state index is -0.439. The molecule has 0 aromatic heterocycles. The number of nitro groups is 1. The lowest BCUT2D eigenvalue weighted by Gasteiger charge is -2.32. The first-order valence-electron chi connectivity index (χ1n) is 6.78. The van der Waals surface area contributed by atoms with Gasteiger partial charge >= 0.3 is 0 Å². The molecule has 1 fully saturated rings. The number of benzene rings is 1. The molecule has 1 saturated heterocycles. The number of hydrogen-bond donors (Lipinski definition) is 1.